The molecular formula is C61H109N2O7P. The van der Waals surface area contributed by atoms with Crippen molar-refractivity contribution >= 4 is 19.7 Å². The quantitative estimate of drug-likeness (QED) is 0.0212. The molecule has 0 aliphatic rings. The van der Waals surface area contributed by atoms with Gasteiger partial charge in [-0.15, -0.1) is 0 Å². The summed E-state index contributed by atoms with van der Waals surface area (Å²) in [7, 11) is 1.15. The number of likely N-dealkylation sites (N-methyl/N-ethyl adjacent to an activating group) is 1. The number of esters is 1. The van der Waals surface area contributed by atoms with Gasteiger partial charge in [0.25, 0.3) is 7.82 Å². The zero-order valence-corrected chi connectivity index (χ0v) is 47.5. The minimum Gasteiger partial charge on any atom is -0.756 e. The molecule has 9 nitrogen and oxygen atoms in total. The molecule has 1 N–H and O–H groups in total. The fourth-order valence-electron chi connectivity index (χ4n) is 7.77. The number of carbonyl (C=O) groups excluding carboxylic acids is 2. The highest BCUT2D eigenvalue weighted by atomic mass is 31.2. The number of hydrogen-bond acceptors (Lipinski definition) is 7. The Morgan fingerprint density at radius 1 is 0.493 bits per heavy atom. The Balaban J connectivity index is 5.40. The smallest absolute Gasteiger partial charge is 0.306 e. The van der Waals surface area contributed by atoms with Crippen molar-refractivity contribution in [3.63, 3.8) is 0 Å². The SMILES string of the molecule is CCCCC/C=C\C/C=C\C/C=C\CCCCCCC(=O)NC(COP(=O)([O-])OCC[N+](C)(C)C)C(/C=C/CCCCCCCCCCC)OC(=O)CCCCCC/C=C\C/C=C\C/C=C\CCCCC. The lowest BCUT2D eigenvalue weighted by Gasteiger charge is -2.30. The second-order valence-corrected chi connectivity index (χ2v) is 21.8. The third-order valence-corrected chi connectivity index (χ3v) is 13.3. The molecule has 0 saturated heterocycles. The zero-order valence-electron chi connectivity index (χ0n) is 46.7. The number of hydrogen-bond donors (Lipinski definition) is 1. The molecule has 0 aliphatic heterocycles. The number of nitrogens with one attached hydrogen (secondary N) is 1. The standard InChI is InChI=1S/C61H109N2O7P/c1-7-10-13-16-19-22-25-27-29-31-33-35-38-41-44-47-50-53-60(64)62-58(57-69-71(66,67)68-56-55-63(4,5)6)59(52-49-46-43-40-37-24-21-18-15-12-9-3)70-61(65)54-51-48-45-42-39-36-34-32-30-28-26-23-20-17-14-11-8-2/h19-20,22-23,27-30,33-36,49,52,58-59H,7-18,21,24-26,31-32,37-48,50-51,53-57H2,1-6H3,(H-,62,64,66,67)/b22-19-,23-20-,29-27-,30-28-,35-33-,36-34-,52-49+. The van der Waals surface area contributed by atoms with Crippen LogP contribution in [0.3, 0.4) is 0 Å². The van der Waals surface area contributed by atoms with Gasteiger partial charge in [-0.2, -0.15) is 0 Å². The Bertz CT molecular complexity index is 1490. The lowest BCUT2D eigenvalue weighted by atomic mass is 10.1. The first-order valence-corrected chi connectivity index (χ1v) is 30.4. The van der Waals surface area contributed by atoms with Crippen LogP contribution in [0.1, 0.15) is 239 Å². The van der Waals surface area contributed by atoms with E-state index in [-0.39, 0.29) is 31.3 Å². The average molecular weight is 1010 g/mol. The Labute approximate surface area is 437 Å². The monoisotopic (exact) mass is 1010 g/mol. The van der Waals surface area contributed by atoms with Crippen molar-refractivity contribution in [2.45, 2.75) is 251 Å². The second-order valence-electron chi connectivity index (χ2n) is 20.4. The average Bonchev–Trinajstić information content (AvgIpc) is 3.33. The second kappa shape index (κ2) is 50.7. The Kier molecular flexibility index (Phi) is 48.7. The first-order valence-electron chi connectivity index (χ1n) is 28.9. The van der Waals surface area contributed by atoms with Gasteiger partial charge in [-0.3, -0.25) is 14.2 Å². The van der Waals surface area contributed by atoms with Gasteiger partial charge in [0.15, 0.2) is 0 Å². The van der Waals surface area contributed by atoms with Crippen molar-refractivity contribution in [3.05, 3.63) is 85.1 Å². The van der Waals surface area contributed by atoms with E-state index >= 15 is 0 Å². The normalized spacial score (nSPS) is 14.4. The first kappa shape index (κ1) is 68.2. The molecule has 0 spiro atoms. The number of carbonyl (C=O) groups is 2. The minimum atomic E-state index is -4.71. The van der Waals surface area contributed by atoms with Crippen molar-refractivity contribution in [1.82, 2.24) is 5.32 Å². The maximum atomic E-state index is 13.5. The number of phosphoric acid groups is 1. The summed E-state index contributed by atoms with van der Waals surface area (Å²) < 4.78 is 30.2. The van der Waals surface area contributed by atoms with Crippen molar-refractivity contribution < 1.29 is 37.3 Å². The van der Waals surface area contributed by atoms with Crippen molar-refractivity contribution in [2.75, 3.05) is 40.9 Å². The van der Waals surface area contributed by atoms with Gasteiger partial charge in [-0.1, -0.05) is 202 Å². The number of rotatable bonds is 51. The van der Waals surface area contributed by atoms with Crippen LogP contribution < -0.4 is 10.2 Å². The van der Waals surface area contributed by atoms with E-state index in [0.717, 1.165) is 96.3 Å². The van der Waals surface area contributed by atoms with Gasteiger partial charge in [0.05, 0.1) is 33.8 Å². The summed E-state index contributed by atoms with van der Waals surface area (Å²) in [6.07, 6.45) is 65.4. The fourth-order valence-corrected chi connectivity index (χ4v) is 8.49. The third-order valence-electron chi connectivity index (χ3n) is 12.3. The van der Waals surface area contributed by atoms with E-state index in [0.29, 0.717) is 23.9 Å². The van der Waals surface area contributed by atoms with E-state index in [1.807, 2.05) is 33.3 Å². The molecule has 1 amide bonds. The van der Waals surface area contributed by atoms with Crippen LogP contribution in [0.25, 0.3) is 0 Å². The summed E-state index contributed by atoms with van der Waals surface area (Å²) >= 11 is 0. The molecule has 10 heteroatoms. The molecule has 0 rings (SSSR count). The summed E-state index contributed by atoms with van der Waals surface area (Å²) in [5, 5.41) is 3.00. The van der Waals surface area contributed by atoms with Gasteiger partial charge < -0.3 is 28.5 Å². The number of unbranched alkanes of at least 4 members (excludes halogenated alkanes) is 23. The minimum absolute atomic E-state index is 0.0344. The molecule has 3 atom stereocenters. The van der Waals surface area contributed by atoms with Gasteiger partial charge in [0.2, 0.25) is 5.91 Å². The van der Waals surface area contributed by atoms with E-state index in [1.165, 1.54) is 96.3 Å². The molecular weight excluding hydrogens is 904 g/mol. The number of quaternary nitrogens is 1. The highest BCUT2D eigenvalue weighted by Crippen LogP contribution is 2.38. The molecule has 0 aromatic carbocycles. The van der Waals surface area contributed by atoms with Gasteiger partial charge in [0, 0.05) is 12.8 Å². The number of allylic oxidation sites excluding steroid dienone is 13. The number of amides is 1. The molecule has 0 bridgehead atoms. The molecule has 0 radical (unpaired) electrons. The number of phosphoric ester groups is 1. The zero-order chi connectivity index (χ0) is 52.2. The van der Waals surface area contributed by atoms with Crippen LogP contribution in [0, 0.1) is 0 Å². The topological polar surface area (TPSA) is 114 Å². The van der Waals surface area contributed by atoms with E-state index in [2.05, 4.69) is 99.0 Å². The summed E-state index contributed by atoms with van der Waals surface area (Å²) in [6.45, 7) is 6.73. The highest BCUT2D eigenvalue weighted by molar-refractivity contribution is 7.45. The summed E-state index contributed by atoms with van der Waals surface area (Å²) in [5.74, 6) is -0.596. The Hall–Kier alpha value is -2.81. The molecule has 3 unspecified atom stereocenters. The Morgan fingerprint density at radius 3 is 1.31 bits per heavy atom. The van der Waals surface area contributed by atoms with Crippen LogP contribution in [-0.2, 0) is 27.9 Å². The van der Waals surface area contributed by atoms with Gasteiger partial charge in [-0.25, -0.2) is 0 Å². The van der Waals surface area contributed by atoms with Gasteiger partial charge >= 0.3 is 5.97 Å². The highest BCUT2D eigenvalue weighted by Gasteiger charge is 2.27. The lowest BCUT2D eigenvalue weighted by Crippen LogP contribution is -2.47. The lowest BCUT2D eigenvalue weighted by molar-refractivity contribution is -0.870. The first-order chi connectivity index (χ1) is 34.4. The maximum Gasteiger partial charge on any atom is 0.306 e. The fraction of sp³-hybridized carbons (Fsp3) is 0.738. The molecule has 0 aliphatic carbocycles. The van der Waals surface area contributed by atoms with Crippen LogP contribution >= 0.6 is 7.82 Å². The predicted octanol–water partition coefficient (Wildman–Crippen LogP) is 16.8. The molecule has 0 heterocycles. The molecule has 0 fully saturated rings. The van der Waals surface area contributed by atoms with E-state index in [9.17, 15) is 19.0 Å². The molecule has 0 aromatic rings. The van der Waals surface area contributed by atoms with Crippen molar-refractivity contribution in [2.24, 2.45) is 0 Å². The van der Waals surface area contributed by atoms with E-state index in [1.54, 1.807) is 0 Å². The predicted molar refractivity (Wildman–Crippen MR) is 302 cm³/mol. The van der Waals surface area contributed by atoms with Gasteiger partial charge in [-0.05, 0) is 109 Å². The van der Waals surface area contributed by atoms with Crippen LogP contribution in [0.2, 0.25) is 0 Å². The van der Waals surface area contributed by atoms with Gasteiger partial charge in [0.1, 0.15) is 19.3 Å². The summed E-state index contributed by atoms with van der Waals surface area (Å²) in [5.41, 5.74) is 0. The molecule has 410 valence electrons. The van der Waals surface area contributed by atoms with E-state index in [4.69, 9.17) is 13.8 Å². The van der Waals surface area contributed by atoms with Crippen molar-refractivity contribution in [1.29, 1.82) is 0 Å². The van der Waals surface area contributed by atoms with E-state index < -0.39 is 26.6 Å². The number of nitrogens with zero attached hydrogens (tertiary/aromatic N) is 1. The van der Waals surface area contributed by atoms with Crippen LogP contribution in [0.15, 0.2) is 85.1 Å². The number of ether oxygens (including phenoxy) is 1. The van der Waals surface area contributed by atoms with Crippen molar-refractivity contribution in [3.8, 4) is 0 Å². The third kappa shape index (κ3) is 51.9. The van der Waals surface area contributed by atoms with Crippen LogP contribution in [-0.4, -0.2) is 69.4 Å². The van der Waals surface area contributed by atoms with Crippen LogP contribution in [0.4, 0.5) is 0 Å². The Morgan fingerprint density at radius 2 is 0.859 bits per heavy atom. The molecule has 71 heavy (non-hydrogen) atoms. The molecule has 0 aromatic heterocycles. The summed E-state index contributed by atoms with van der Waals surface area (Å²) in [4.78, 5) is 39.8. The van der Waals surface area contributed by atoms with Crippen LogP contribution in [0.5, 0.6) is 0 Å². The maximum absolute atomic E-state index is 13.5. The largest absolute Gasteiger partial charge is 0.756 e. The summed E-state index contributed by atoms with van der Waals surface area (Å²) in [6, 6.07) is -0.912. The molecule has 0 saturated carbocycles.